The van der Waals surface area contributed by atoms with E-state index >= 15 is 0 Å². The Morgan fingerprint density at radius 3 is 2.76 bits per heavy atom. The largest absolute Gasteiger partial charge is 0.481 e. The third kappa shape index (κ3) is 2.52. The summed E-state index contributed by atoms with van der Waals surface area (Å²) in [6, 6.07) is 7.66. The molecule has 0 amide bonds. The van der Waals surface area contributed by atoms with Crippen LogP contribution in [0.15, 0.2) is 33.2 Å². The molecule has 0 aliphatic rings. The van der Waals surface area contributed by atoms with Gasteiger partial charge in [-0.05, 0) is 38.1 Å². The number of carbonyl (C=O) groups is 1. The topological polar surface area (TPSA) is 50.4 Å². The lowest BCUT2D eigenvalue weighted by Crippen LogP contribution is -2.25. The Morgan fingerprint density at radius 2 is 2.12 bits per heavy atom. The molecule has 0 bridgehead atoms. The predicted molar refractivity (Wildman–Crippen MR) is 69.0 cm³/mol. The summed E-state index contributed by atoms with van der Waals surface area (Å²) in [6.45, 7) is 3.39. The van der Waals surface area contributed by atoms with Gasteiger partial charge in [-0.25, -0.2) is 0 Å². The second-order valence-electron chi connectivity index (χ2n) is 4.76. The number of halogens is 1. The van der Waals surface area contributed by atoms with Crippen LogP contribution in [0.5, 0.6) is 0 Å². The highest BCUT2D eigenvalue weighted by molar-refractivity contribution is 9.10. The molecule has 0 aliphatic carbocycles. The Bertz CT molecular complexity index is 569. The van der Waals surface area contributed by atoms with E-state index in [2.05, 4.69) is 15.9 Å². The number of benzene rings is 1. The molecule has 0 aliphatic heterocycles. The first kappa shape index (κ1) is 12.2. The van der Waals surface area contributed by atoms with Gasteiger partial charge in [-0.3, -0.25) is 4.79 Å². The first-order chi connectivity index (χ1) is 7.88. The quantitative estimate of drug-likeness (QED) is 0.936. The zero-order chi connectivity index (χ0) is 12.6. The summed E-state index contributed by atoms with van der Waals surface area (Å²) in [4.78, 5) is 11.0. The first-order valence-corrected chi connectivity index (χ1v) is 6.09. The molecule has 0 spiro atoms. The van der Waals surface area contributed by atoms with Crippen molar-refractivity contribution in [3.8, 4) is 0 Å². The summed E-state index contributed by atoms with van der Waals surface area (Å²) < 4.78 is 6.59. The van der Waals surface area contributed by atoms with Crippen LogP contribution in [0, 0.1) is 5.41 Å². The van der Waals surface area contributed by atoms with Crippen molar-refractivity contribution in [1.82, 2.24) is 0 Å². The van der Waals surface area contributed by atoms with Gasteiger partial charge in [0, 0.05) is 16.3 Å². The van der Waals surface area contributed by atoms with Gasteiger partial charge in [-0.1, -0.05) is 15.9 Å². The van der Waals surface area contributed by atoms with Crippen LogP contribution >= 0.6 is 15.9 Å². The molecule has 2 aromatic rings. The highest BCUT2D eigenvalue weighted by Crippen LogP contribution is 2.28. The van der Waals surface area contributed by atoms with Crippen LogP contribution in [0.2, 0.25) is 0 Å². The van der Waals surface area contributed by atoms with E-state index in [1.165, 1.54) is 0 Å². The molecular weight excluding hydrogens is 284 g/mol. The van der Waals surface area contributed by atoms with Crippen LogP contribution in [0.25, 0.3) is 11.0 Å². The molecule has 2 rings (SSSR count). The van der Waals surface area contributed by atoms with Gasteiger partial charge in [0.1, 0.15) is 11.3 Å². The van der Waals surface area contributed by atoms with E-state index in [-0.39, 0.29) is 0 Å². The number of hydrogen-bond donors (Lipinski definition) is 1. The lowest BCUT2D eigenvalue weighted by atomic mass is 9.88. The minimum absolute atomic E-state index is 0.384. The smallest absolute Gasteiger partial charge is 0.309 e. The second-order valence-corrected chi connectivity index (χ2v) is 5.68. The van der Waals surface area contributed by atoms with Gasteiger partial charge >= 0.3 is 5.97 Å². The molecule has 0 unspecified atom stereocenters. The van der Waals surface area contributed by atoms with E-state index in [0.29, 0.717) is 12.2 Å². The Hall–Kier alpha value is -1.29. The fourth-order valence-electron chi connectivity index (χ4n) is 1.66. The molecule has 0 fully saturated rings. The Labute approximate surface area is 108 Å². The van der Waals surface area contributed by atoms with Crippen molar-refractivity contribution in [3.63, 3.8) is 0 Å². The maximum absolute atomic E-state index is 11.0. The standard InChI is InChI=1S/C13H13BrO3/c1-13(2,12(15)16)7-10-5-8-3-4-9(14)6-11(8)17-10/h3-6H,7H2,1-2H3,(H,15,16). The molecule has 4 heteroatoms. The highest BCUT2D eigenvalue weighted by atomic mass is 79.9. The number of rotatable bonds is 3. The van der Waals surface area contributed by atoms with Gasteiger partial charge in [0.2, 0.25) is 0 Å². The van der Waals surface area contributed by atoms with Gasteiger partial charge in [0.15, 0.2) is 0 Å². The summed E-state index contributed by atoms with van der Waals surface area (Å²) in [5, 5.41) is 10.1. The number of furan rings is 1. The van der Waals surface area contributed by atoms with Gasteiger partial charge in [0.05, 0.1) is 5.41 Å². The van der Waals surface area contributed by atoms with Crippen molar-refractivity contribution in [2.45, 2.75) is 20.3 Å². The van der Waals surface area contributed by atoms with Crippen molar-refractivity contribution in [1.29, 1.82) is 0 Å². The van der Waals surface area contributed by atoms with Crippen molar-refractivity contribution in [2.75, 3.05) is 0 Å². The minimum Gasteiger partial charge on any atom is -0.481 e. The fraction of sp³-hybridized carbons (Fsp3) is 0.308. The van der Waals surface area contributed by atoms with Crippen LogP contribution in [0.1, 0.15) is 19.6 Å². The molecule has 1 aromatic heterocycles. The maximum Gasteiger partial charge on any atom is 0.309 e. The van der Waals surface area contributed by atoms with E-state index < -0.39 is 11.4 Å². The van der Waals surface area contributed by atoms with Gasteiger partial charge in [-0.15, -0.1) is 0 Å². The summed E-state index contributed by atoms with van der Waals surface area (Å²) >= 11 is 3.37. The zero-order valence-electron chi connectivity index (χ0n) is 9.66. The normalized spacial score (nSPS) is 11.9. The van der Waals surface area contributed by atoms with Gasteiger partial charge in [-0.2, -0.15) is 0 Å². The number of carboxylic acids is 1. The molecule has 0 atom stereocenters. The summed E-state index contributed by atoms with van der Waals surface area (Å²) in [7, 11) is 0. The predicted octanol–water partition coefficient (Wildman–Crippen LogP) is 3.85. The molecule has 90 valence electrons. The zero-order valence-corrected chi connectivity index (χ0v) is 11.2. The number of hydrogen-bond acceptors (Lipinski definition) is 2. The van der Waals surface area contributed by atoms with Gasteiger partial charge < -0.3 is 9.52 Å². The molecule has 0 saturated carbocycles. The second kappa shape index (κ2) is 4.18. The van der Waals surface area contributed by atoms with Gasteiger partial charge in [0.25, 0.3) is 0 Å². The van der Waals surface area contributed by atoms with Crippen LogP contribution in [-0.2, 0) is 11.2 Å². The van der Waals surface area contributed by atoms with Crippen molar-refractivity contribution in [2.24, 2.45) is 5.41 Å². The number of aliphatic carboxylic acids is 1. The average molecular weight is 297 g/mol. The average Bonchev–Trinajstić information content (AvgIpc) is 2.57. The van der Waals surface area contributed by atoms with Crippen LogP contribution in [0.3, 0.4) is 0 Å². The van der Waals surface area contributed by atoms with E-state index in [0.717, 1.165) is 15.4 Å². The number of carboxylic acid groups (broad SMARTS) is 1. The van der Waals surface area contributed by atoms with Crippen LogP contribution < -0.4 is 0 Å². The molecule has 1 aromatic carbocycles. The Balaban J connectivity index is 2.34. The highest BCUT2D eigenvalue weighted by Gasteiger charge is 2.28. The number of fused-ring (bicyclic) bond motifs is 1. The fourth-order valence-corrected chi connectivity index (χ4v) is 2.00. The Kier molecular flexibility index (Phi) is 3.00. The monoisotopic (exact) mass is 296 g/mol. The van der Waals surface area contributed by atoms with E-state index in [1.807, 2.05) is 24.3 Å². The molecule has 1 heterocycles. The SMILES string of the molecule is CC(C)(Cc1cc2ccc(Br)cc2o1)C(=O)O. The van der Waals surface area contributed by atoms with Crippen molar-refractivity contribution in [3.05, 3.63) is 34.5 Å². The minimum atomic E-state index is -0.820. The molecular formula is C13H13BrO3. The Morgan fingerprint density at radius 1 is 1.41 bits per heavy atom. The lowest BCUT2D eigenvalue weighted by Gasteiger charge is -2.16. The molecule has 0 saturated heterocycles. The third-order valence-electron chi connectivity index (χ3n) is 2.73. The maximum atomic E-state index is 11.0. The lowest BCUT2D eigenvalue weighted by molar-refractivity contribution is -0.147. The van der Waals surface area contributed by atoms with Crippen molar-refractivity contribution >= 4 is 32.9 Å². The van der Waals surface area contributed by atoms with Crippen molar-refractivity contribution < 1.29 is 14.3 Å². The first-order valence-electron chi connectivity index (χ1n) is 5.30. The van der Waals surface area contributed by atoms with Crippen LogP contribution in [0.4, 0.5) is 0 Å². The summed E-state index contributed by atoms with van der Waals surface area (Å²) in [5.41, 5.74) is -0.0407. The molecule has 0 radical (unpaired) electrons. The third-order valence-corrected chi connectivity index (χ3v) is 3.22. The van der Waals surface area contributed by atoms with E-state index in [4.69, 9.17) is 9.52 Å². The van der Waals surface area contributed by atoms with E-state index in [9.17, 15) is 4.79 Å². The molecule has 1 N–H and O–H groups in total. The molecule has 17 heavy (non-hydrogen) atoms. The van der Waals surface area contributed by atoms with E-state index in [1.54, 1.807) is 13.8 Å². The molecule has 3 nitrogen and oxygen atoms in total. The summed E-state index contributed by atoms with van der Waals surface area (Å²) in [5.74, 6) is -0.121. The van der Waals surface area contributed by atoms with Crippen LogP contribution in [-0.4, -0.2) is 11.1 Å². The summed E-state index contributed by atoms with van der Waals surface area (Å²) in [6.07, 6.45) is 0.384.